The van der Waals surface area contributed by atoms with E-state index in [0.29, 0.717) is 28.0 Å². The van der Waals surface area contributed by atoms with Crippen LogP contribution in [0.4, 0.5) is 0 Å². The van der Waals surface area contributed by atoms with E-state index >= 15 is 0 Å². The Labute approximate surface area is 330 Å². The molecule has 0 unspecified atom stereocenters. The van der Waals surface area contributed by atoms with Crippen molar-refractivity contribution in [3.63, 3.8) is 0 Å². The number of rotatable bonds is 5. The number of ether oxygens (including phenoxy) is 3. The molecule has 0 bridgehead atoms. The standard InChI is InChI=1S/C45H38O13/c46-23-7-1-20(2-8-23)35-17-28(27-14-13-26(49)15-36(27)56-35)37-31(51)19-33(53)39-40(41(55)43(58-45(37)39)22-5-11-25(48)12-6-22)38-32(52)18-30(50)29-16-34(54)42(57-44(29)38)21-3-9-24(47)10-4-21/h1-15,18-19,28,34-35,40-43,46-55H,16-17H2/t28-,34-,35-,40-,41-,42-,43-/m1/s1. The molecule has 0 saturated heterocycles. The quantitative estimate of drug-likeness (QED) is 0.0884. The van der Waals surface area contributed by atoms with Gasteiger partial charge in [-0.15, -0.1) is 0 Å². The number of phenolic OH excluding ortho intramolecular Hbond substituents is 8. The summed E-state index contributed by atoms with van der Waals surface area (Å²) < 4.78 is 19.5. The molecule has 0 aliphatic carbocycles. The van der Waals surface area contributed by atoms with Crippen LogP contribution in [0.2, 0.25) is 0 Å². The van der Waals surface area contributed by atoms with Gasteiger partial charge >= 0.3 is 0 Å². The maximum Gasteiger partial charge on any atom is 0.150 e. The lowest BCUT2D eigenvalue weighted by Gasteiger charge is -2.42. The molecule has 10 N–H and O–H groups in total. The summed E-state index contributed by atoms with van der Waals surface area (Å²) in [5.74, 6) is -3.75. The van der Waals surface area contributed by atoms with Gasteiger partial charge in [0.1, 0.15) is 81.6 Å². The zero-order chi connectivity index (χ0) is 40.6. The van der Waals surface area contributed by atoms with Crippen molar-refractivity contribution in [1.29, 1.82) is 0 Å². The first kappa shape index (κ1) is 36.7. The predicted molar refractivity (Wildman–Crippen MR) is 206 cm³/mol. The van der Waals surface area contributed by atoms with Gasteiger partial charge in [0.05, 0.1) is 12.0 Å². The molecule has 0 aromatic heterocycles. The predicted octanol–water partition coefficient (Wildman–Crippen LogP) is 6.65. The summed E-state index contributed by atoms with van der Waals surface area (Å²) in [7, 11) is 0. The lowest BCUT2D eigenvalue weighted by Crippen LogP contribution is -2.37. The van der Waals surface area contributed by atoms with Gasteiger partial charge in [-0.2, -0.15) is 0 Å². The van der Waals surface area contributed by atoms with Gasteiger partial charge in [-0.3, -0.25) is 0 Å². The van der Waals surface area contributed by atoms with Gasteiger partial charge in [-0.25, -0.2) is 0 Å². The molecule has 13 heteroatoms. The molecule has 3 aliphatic rings. The highest BCUT2D eigenvalue weighted by Gasteiger charge is 2.48. The number of phenols is 8. The molecule has 13 nitrogen and oxygen atoms in total. The molecular weight excluding hydrogens is 748 g/mol. The first-order chi connectivity index (χ1) is 27.9. The fraction of sp³-hybridized carbons (Fsp3) is 0.200. The van der Waals surface area contributed by atoms with Gasteiger partial charge in [0.25, 0.3) is 0 Å². The van der Waals surface area contributed by atoms with Gasteiger partial charge in [-0.05, 0) is 65.6 Å². The first-order valence-electron chi connectivity index (χ1n) is 18.6. The Bertz CT molecular complexity index is 2540. The fourth-order valence-corrected chi connectivity index (χ4v) is 8.63. The Balaban J connectivity index is 1.27. The van der Waals surface area contributed by atoms with E-state index in [1.807, 2.05) is 0 Å². The molecule has 9 rings (SSSR count). The summed E-state index contributed by atoms with van der Waals surface area (Å²) in [6.07, 6.45) is -5.67. The monoisotopic (exact) mass is 786 g/mol. The Morgan fingerprint density at radius 2 is 0.966 bits per heavy atom. The molecule has 0 amide bonds. The third-order valence-electron chi connectivity index (χ3n) is 11.4. The molecule has 0 spiro atoms. The Morgan fingerprint density at radius 3 is 1.59 bits per heavy atom. The van der Waals surface area contributed by atoms with Gasteiger partial charge in [0.2, 0.25) is 0 Å². The van der Waals surface area contributed by atoms with Crippen LogP contribution in [0.15, 0.2) is 103 Å². The van der Waals surface area contributed by atoms with Crippen molar-refractivity contribution in [3.8, 4) is 63.2 Å². The summed E-state index contributed by atoms with van der Waals surface area (Å²) in [4.78, 5) is 0. The normalized spacial score (nSPS) is 23.3. The average Bonchev–Trinajstić information content (AvgIpc) is 3.19. The summed E-state index contributed by atoms with van der Waals surface area (Å²) in [5.41, 5.74) is 2.35. The summed E-state index contributed by atoms with van der Waals surface area (Å²) >= 11 is 0. The van der Waals surface area contributed by atoms with Gasteiger partial charge < -0.3 is 65.3 Å². The Kier molecular flexibility index (Phi) is 8.79. The van der Waals surface area contributed by atoms with E-state index in [1.165, 1.54) is 48.5 Å². The molecule has 0 radical (unpaired) electrons. The largest absolute Gasteiger partial charge is 0.508 e. The number of hydrogen-bond acceptors (Lipinski definition) is 13. The highest BCUT2D eigenvalue weighted by atomic mass is 16.5. The van der Waals surface area contributed by atoms with Crippen molar-refractivity contribution >= 4 is 0 Å². The zero-order valence-electron chi connectivity index (χ0n) is 30.5. The van der Waals surface area contributed by atoms with Crippen LogP contribution in [0.25, 0.3) is 0 Å². The number of benzene rings is 6. The second-order valence-electron chi connectivity index (χ2n) is 14.9. The van der Waals surface area contributed by atoms with Crippen molar-refractivity contribution in [2.45, 2.75) is 55.2 Å². The fourth-order valence-electron chi connectivity index (χ4n) is 8.63. The van der Waals surface area contributed by atoms with Crippen LogP contribution < -0.4 is 14.2 Å². The molecule has 6 aromatic carbocycles. The number of aliphatic hydroxyl groups is 2. The minimum Gasteiger partial charge on any atom is -0.508 e. The molecule has 296 valence electrons. The van der Waals surface area contributed by atoms with Gasteiger partial charge in [0.15, 0.2) is 6.10 Å². The summed E-state index contributed by atoms with van der Waals surface area (Å²) in [5, 5.41) is 111. The SMILES string of the molecule is Oc1ccc([C@H]2Oc3c([C@@H]4C[C@H](c5ccc(O)cc5)Oc5cc(O)ccc54)c(O)cc(O)c3[C@@H](c3c(O)cc(O)c4c3O[C@H](c3ccc(O)cc3)[C@H](O)C4)[C@H]2O)cc1. The number of aliphatic hydroxyl groups excluding tert-OH is 2. The average molecular weight is 787 g/mol. The third kappa shape index (κ3) is 6.12. The highest BCUT2D eigenvalue weighted by Crippen LogP contribution is 2.61. The van der Waals surface area contributed by atoms with Crippen LogP contribution in [-0.4, -0.2) is 63.3 Å². The molecule has 6 aromatic rings. The number of hydrogen-bond donors (Lipinski definition) is 10. The molecule has 0 saturated carbocycles. The first-order valence-corrected chi connectivity index (χ1v) is 18.6. The van der Waals surface area contributed by atoms with Crippen LogP contribution >= 0.6 is 0 Å². The summed E-state index contributed by atoms with van der Waals surface area (Å²) in [6, 6.07) is 25.1. The van der Waals surface area contributed by atoms with Crippen LogP contribution in [0.1, 0.15) is 81.1 Å². The molecule has 3 heterocycles. The smallest absolute Gasteiger partial charge is 0.150 e. The zero-order valence-corrected chi connectivity index (χ0v) is 30.5. The summed E-state index contributed by atoms with van der Waals surface area (Å²) in [6.45, 7) is 0. The van der Waals surface area contributed by atoms with Crippen LogP contribution in [0, 0.1) is 0 Å². The van der Waals surface area contributed by atoms with E-state index in [1.54, 1.807) is 42.5 Å². The van der Waals surface area contributed by atoms with Crippen molar-refractivity contribution in [3.05, 3.63) is 148 Å². The topological polar surface area (TPSA) is 230 Å². The second-order valence-corrected chi connectivity index (χ2v) is 14.9. The van der Waals surface area contributed by atoms with Crippen molar-refractivity contribution in [2.75, 3.05) is 0 Å². The van der Waals surface area contributed by atoms with E-state index in [-0.39, 0.29) is 81.1 Å². The van der Waals surface area contributed by atoms with E-state index < -0.39 is 53.9 Å². The molecule has 58 heavy (non-hydrogen) atoms. The lowest BCUT2D eigenvalue weighted by atomic mass is 9.74. The maximum atomic E-state index is 12.5. The van der Waals surface area contributed by atoms with E-state index in [9.17, 15) is 51.1 Å². The molecule has 3 aliphatic heterocycles. The third-order valence-corrected chi connectivity index (χ3v) is 11.4. The Hall–Kier alpha value is -6.96. The van der Waals surface area contributed by atoms with E-state index in [4.69, 9.17) is 14.2 Å². The van der Waals surface area contributed by atoms with E-state index in [2.05, 4.69) is 0 Å². The van der Waals surface area contributed by atoms with E-state index in [0.717, 1.165) is 12.1 Å². The minimum absolute atomic E-state index is 0.0134. The van der Waals surface area contributed by atoms with Gasteiger partial charge in [0, 0.05) is 58.4 Å². The van der Waals surface area contributed by atoms with Crippen LogP contribution in [-0.2, 0) is 6.42 Å². The van der Waals surface area contributed by atoms with Crippen molar-refractivity contribution in [2.24, 2.45) is 0 Å². The number of fused-ring (bicyclic) bond motifs is 3. The highest BCUT2D eigenvalue weighted by molar-refractivity contribution is 5.69. The number of aromatic hydroxyl groups is 8. The van der Waals surface area contributed by atoms with Crippen molar-refractivity contribution < 1.29 is 65.3 Å². The molecule has 0 fully saturated rings. The van der Waals surface area contributed by atoms with Gasteiger partial charge in [-0.1, -0.05) is 42.5 Å². The van der Waals surface area contributed by atoms with Crippen LogP contribution in [0.3, 0.4) is 0 Å². The minimum atomic E-state index is -1.59. The molecule has 7 atom stereocenters. The molecular formula is C45H38O13. The Morgan fingerprint density at radius 1 is 0.466 bits per heavy atom. The second kappa shape index (κ2) is 13.9. The van der Waals surface area contributed by atoms with Crippen molar-refractivity contribution in [1.82, 2.24) is 0 Å². The maximum absolute atomic E-state index is 12.5. The van der Waals surface area contributed by atoms with Crippen LogP contribution in [0.5, 0.6) is 63.2 Å². The lowest BCUT2D eigenvalue weighted by molar-refractivity contribution is 0.000418.